The van der Waals surface area contributed by atoms with Crippen LogP contribution in [0, 0.1) is 5.82 Å². The average Bonchev–Trinajstić information content (AvgIpc) is 2.64. The molecule has 2 aromatic rings. The molecule has 0 unspecified atom stereocenters. The summed E-state index contributed by atoms with van der Waals surface area (Å²) in [5.41, 5.74) is 0.381. The van der Waals surface area contributed by atoms with Crippen LogP contribution in [0.2, 0.25) is 5.02 Å². The number of aromatic nitrogens is 1. The highest BCUT2D eigenvalue weighted by molar-refractivity contribution is 9.10. The Hall–Kier alpha value is -1.33. The van der Waals surface area contributed by atoms with Gasteiger partial charge in [0.15, 0.2) is 0 Å². The first-order valence-corrected chi connectivity index (χ1v) is 5.73. The minimum absolute atomic E-state index is 0.0169. The molecule has 0 fully saturated rings. The van der Waals surface area contributed by atoms with Gasteiger partial charge in [0.05, 0.1) is 9.50 Å². The van der Waals surface area contributed by atoms with Gasteiger partial charge in [-0.3, -0.25) is 0 Å². The monoisotopic (exact) mass is 317 g/mol. The Morgan fingerprint density at radius 2 is 2.12 bits per heavy atom. The maximum atomic E-state index is 13.4. The van der Waals surface area contributed by atoms with Crippen LogP contribution in [0.1, 0.15) is 10.5 Å². The smallest absolute Gasteiger partial charge is 0.352 e. The predicted octanol–water partition coefficient (Wildman–Crippen LogP) is 3.73. The number of rotatable bonds is 2. The second-order valence-electron chi connectivity index (χ2n) is 3.32. The lowest BCUT2D eigenvalue weighted by molar-refractivity contribution is 0.0688. The number of aromatic carboxylic acids is 1. The van der Waals surface area contributed by atoms with Crippen molar-refractivity contribution >= 4 is 33.5 Å². The lowest BCUT2D eigenvalue weighted by Crippen LogP contribution is -2.05. The van der Waals surface area contributed by atoms with Gasteiger partial charge < -0.3 is 9.67 Å². The van der Waals surface area contributed by atoms with E-state index in [-0.39, 0.29) is 10.7 Å². The van der Waals surface area contributed by atoms with Crippen LogP contribution < -0.4 is 0 Å². The molecule has 6 heteroatoms. The Kier molecular flexibility index (Phi) is 3.22. The highest BCUT2D eigenvalue weighted by Gasteiger charge is 2.13. The van der Waals surface area contributed by atoms with Crippen LogP contribution in [-0.4, -0.2) is 15.6 Å². The third-order valence-corrected chi connectivity index (χ3v) is 3.04. The van der Waals surface area contributed by atoms with Crippen molar-refractivity contribution < 1.29 is 14.3 Å². The first kappa shape index (κ1) is 12.1. The van der Waals surface area contributed by atoms with E-state index < -0.39 is 11.8 Å². The minimum Gasteiger partial charge on any atom is -0.477 e. The number of carbonyl (C=O) groups is 1. The largest absolute Gasteiger partial charge is 0.477 e. The fourth-order valence-corrected chi connectivity index (χ4v) is 1.89. The molecule has 2 rings (SSSR count). The minimum atomic E-state index is -1.12. The predicted molar refractivity (Wildman–Crippen MR) is 65.4 cm³/mol. The van der Waals surface area contributed by atoms with E-state index in [4.69, 9.17) is 16.7 Å². The summed E-state index contributed by atoms with van der Waals surface area (Å²) in [4.78, 5) is 11.0. The number of benzene rings is 1. The average molecular weight is 319 g/mol. The number of carboxylic acids is 1. The maximum Gasteiger partial charge on any atom is 0.352 e. The summed E-state index contributed by atoms with van der Waals surface area (Å²) in [6.45, 7) is 0. The molecule has 0 amide bonds. The van der Waals surface area contributed by atoms with Gasteiger partial charge in [-0.2, -0.15) is 0 Å². The van der Waals surface area contributed by atoms with Gasteiger partial charge >= 0.3 is 5.97 Å². The lowest BCUT2D eigenvalue weighted by atomic mass is 10.3. The number of nitrogens with zero attached hydrogens (tertiary/aromatic N) is 1. The summed E-state index contributed by atoms with van der Waals surface area (Å²) in [6, 6.07) is 5.64. The highest BCUT2D eigenvalue weighted by atomic mass is 79.9. The van der Waals surface area contributed by atoms with Crippen molar-refractivity contribution in [3.63, 3.8) is 0 Å². The first-order chi connectivity index (χ1) is 7.99. The molecule has 1 aromatic heterocycles. The van der Waals surface area contributed by atoms with Gasteiger partial charge in [0, 0.05) is 11.9 Å². The summed E-state index contributed by atoms with van der Waals surface area (Å²) < 4.78 is 15.0. The van der Waals surface area contributed by atoms with Crippen LogP contribution in [0.3, 0.4) is 0 Å². The SMILES string of the molecule is O=C(O)c1cc(Cl)cn1-c1ccc(Br)c(F)c1. The molecule has 0 bridgehead atoms. The Morgan fingerprint density at radius 3 is 2.71 bits per heavy atom. The van der Waals surface area contributed by atoms with Crippen molar-refractivity contribution in [3.05, 3.63) is 51.5 Å². The van der Waals surface area contributed by atoms with Crippen LogP contribution in [0.15, 0.2) is 34.9 Å². The molecule has 0 radical (unpaired) electrons. The van der Waals surface area contributed by atoms with Gasteiger partial charge in [0.1, 0.15) is 11.5 Å². The van der Waals surface area contributed by atoms with Gasteiger partial charge in [0.25, 0.3) is 0 Å². The van der Waals surface area contributed by atoms with E-state index in [1.165, 1.54) is 29.0 Å². The molecule has 0 aliphatic carbocycles. The van der Waals surface area contributed by atoms with E-state index in [0.717, 1.165) is 0 Å². The van der Waals surface area contributed by atoms with E-state index in [0.29, 0.717) is 10.2 Å². The molecule has 0 aliphatic heterocycles. The zero-order chi connectivity index (χ0) is 12.6. The second-order valence-corrected chi connectivity index (χ2v) is 4.61. The molecule has 1 N–H and O–H groups in total. The van der Waals surface area contributed by atoms with E-state index in [2.05, 4.69) is 15.9 Å². The molecular weight excluding hydrogens is 312 g/mol. The normalized spacial score (nSPS) is 10.5. The van der Waals surface area contributed by atoms with E-state index in [1.807, 2.05) is 0 Å². The number of hydrogen-bond acceptors (Lipinski definition) is 1. The van der Waals surface area contributed by atoms with Crippen LogP contribution in [0.4, 0.5) is 4.39 Å². The van der Waals surface area contributed by atoms with Crippen molar-refractivity contribution in [2.75, 3.05) is 0 Å². The van der Waals surface area contributed by atoms with E-state index in [9.17, 15) is 9.18 Å². The fourth-order valence-electron chi connectivity index (χ4n) is 1.44. The number of hydrogen-bond donors (Lipinski definition) is 1. The van der Waals surface area contributed by atoms with Crippen LogP contribution in [0.25, 0.3) is 5.69 Å². The quantitative estimate of drug-likeness (QED) is 0.916. The fraction of sp³-hybridized carbons (Fsp3) is 0. The van der Waals surface area contributed by atoms with E-state index >= 15 is 0 Å². The highest BCUT2D eigenvalue weighted by Crippen LogP contribution is 2.23. The van der Waals surface area contributed by atoms with Crippen LogP contribution >= 0.6 is 27.5 Å². The summed E-state index contributed by atoms with van der Waals surface area (Å²) in [5, 5.41) is 9.26. The van der Waals surface area contributed by atoms with Crippen molar-refractivity contribution in [1.29, 1.82) is 0 Å². The zero-order valence-corrected chi connectivity index (χ0v) is 10.7. The molecule has 0 aliphatic rings. The van der Waals surface area contributed by atoms with Gasteiger partial charge in [-0.05, 0) is 40.2 Å². The maximum absolute atomic E-state index is 13.4. The van der Waals surface area contributed by atoms with Crippen LogP contribution in [-0.2, 0) is 0 Å². The Balaban J connectivity index is 2.59. The topological polar surface area (TPSA) is 42.2 Å². The van der Waals surface area contributed by atoms with Gasteiger partial charge in [0.2, 0.25) is 0 Å². The van der Waals surface area contributed by atoms with Gasteiger partial charge in [-0.1, -0.05) is 11.6 Å². The van der Waals surface area contributed by atoms with Gasteiger partial charge in [-0.15, -0.1) is 0 Å². The molecule has 1 aromatic carbocycles. The molecule has 0 saturated heterocycles. The van der Waals surface area contributed by atoms with Crippen molar-refractivity contribution in [2.45, 2.75) is 0 Å². The van der Waals surface area contributed by atoms with Crippen LogP contribution in [0.5, 0.6) is 0 Å². The Labute approximate surface area is 110 Å². The molecule has 0 spiro atoms. The lowest BCUT2D eigenvalue weighted by Gasteiger charge is -2.06. The molecular formula is C11H6BrClFNO2. The first-order valence-electron chi connectivity index (χ1n) is 4.55. The standard InChI is InChI=1S/C11H6BrClFNO2/c12-8-2-1-7(4-9(8)14)15-5-6(13)3-10(15)11(16)17/h1-5H,(H,16,17). The van der Waals surface area contributed by atoms with Crippen molar-refractivity contribution in [1.82, 2.24) is 4.57 Å². The third-order valence-electron chi connectivity index (χ3n) is 2.19. The number of carboxylic acid groups (broad SMARTS) is 1. The molecule has 88 valence electrons. The van der Waals surface area contributed by atoms with Crippen molar-refractivity contribution in [3.8, 4) is 5.69 Å². The number of halogens is 3. The zero-order valence-electron chi connectivity index (χ0n) is 8.32. The third kappa shape index (κ3) is 2.35. The summed E-state index contributed by atoms with van der Waals surface area (Å²) in [7, 11) is 0. The molecule has 17 heavy (non-hydrogen) atoms. The molecule has 0 saturated carbocycles. The Bertz CT molecular complexity index is 597. The summed E-state index contributed by atoms with van der Waals surface area (Å²) in [6.07, 6.45) is 1.42. The van der Waals surface area contributed by atoms with Crippen molar-refractivity contribution in [2.24, 2.45) is 0 Å². The molecule has 0 atom stereocenters. The van der Waals surface area contributed by atoms with Gasteiger partial charge in [-0.25, -0.2) is 9.18 Å². The Morgan fingerprint density at radius 1 is 1.41 bits per heavy atom. The second kappa shape index (κ2) is 4.50. The summed E-state index contributed by atoms with van der Waals surface area (Å²) in [5.74, 6) is -1.59. The van der Waals surface area contributed by atoms with E-state index in [1.54, 1.807) is 6.07 Å². The molecule has 3 nitrogen and oxygen atoms in total. The molecule has 1 heterocycles. The summed E-state index contributed by atoms with van der Waals surface area (Å²) >= 11 is 8.77.